The number of amides is 1. The van der Waals surface area contributed by atoms with Crippen LogP contribution in [-0.4, -0.2) is 51.1 Å². The first-order valence-corrected chi connectivity index (χ1v) is 6.46. The predicted molar refractivity (Wildman–Crippen MR) is 79.4 cm³/mol. The summed E-state index contributed by atoms with van der Waals surface area (Å²) >= 11 is 0. The fraction of sp³-hybridized carbons (Fsp3) is 0.400. The molecule has 1 aromatic carbocycles. The zero-order valence-electron chi connectivity index (χ0n) is 12.0. The highest BCUT2D eigenvalue weighted by Crippen LogP contribution is 2.11. The highest BCUT2D eigenvalue weighted by atomic mass is 16.5. The van der Waals surface area contributed by atoms with E-state index in [-0.39, 0.29) is 5.91 Å². The van der Waals surface area contributed by atoms with Gasteiger partial charge in [-0.2, -0.15) is 0 Å². The van der Waals surface area contributed by atoms with Crippen LogP contribution in [0.2, 0.25) is 0 Å². The molecule has 0 aliphatic rings. The summed E-state index contributed by atoms with van der Waals surface area (Å²) in [6, 6.07) is 7.54. The van der Waals surface area contributed by atoms with E-state index in [1.807, 2.05) is 36.2 Å². The molecule has 0 aliphatic heterocycles. The Bertz CT molecular complexity index is 474. The average molecular weight is 275 g/mol. The number of ether oxygens (including phenoxy) is 1. The largest absolute Gasteiger partial charge is 0.492 e. The normalized spacial score (nSPS) is 9.80. The molecule has 0 spiro atoms. The lowest BCUT2D eigenvalue weighted by Crippen LogP contribution is -2.35. The van der Waals surface area contributed by atoms with Gasteiger partial charge in [-0.05, 0) is 31.3 Å². The number of rotatable bonds is 6. The molecule has 1 amide bonds. The highest BCUT2D eigenvalue weighted by Gasteiger charge is 2.04. The maximum Gasteiger partial charge on any atom is 0.233 e. The number of hydrogen-bond acceptors (Lipinski definition) is 4. The molecule has 1 rings (SSSR count). The smallest absolute Gasteiger partial charge is 0.233 e. The van der Waals surface area contributed by atoms with Crippen molar-refractivity contribution >= 4 is 5.91 Å². The van der Waals surface area contributed by atoms with Crippen molar-refractivity contribution in [3.8, 4) is 17.6 Å². The second-order valence-corrected chi connectivity index (χ2v) is 4.29. The second-order valence-electron chi connectivity index (χ2n) is 4.29. The van der Waals surface area contributed by atoms with Crippen molar-refractivity contribution < 1.29 is 9.53 Å². The molecular weight excluding hydrogens is 254 g/mol. The number of hydrogen-bond donors (Lipinski definition) is 2. The first-order valence-electron chi connectivity index (χ1n) is 6.46. The lowest BCUT2D eigenvalue weighted by molar-refractivity contribution is -0.121. The Kier molecular flexibility index (Phi) is 7.18. The molecule has 0 aromatic heterocycles. The number of carbonyl (C=O) groups is 1. The topological polar surface area (TPSA) is 67.6 Å². The summed E-state index contributed by atoms with van der Waals surface area (Å²) in [7, 11) is 3.51. The van der Waals surface area contributed by atoms with Gasteiger partial charge in [0.15, 0.2) is 0 Å². The van der Waals surface area contributed by atoms with Gasteiger partial charge in [0, 0.05) is 19.2 Å². The van der Waals surface area contributed by atoms with Crippen molar-refractivity contribution in [2.45, 2.75) is 0 Å². The lowest BCUT2D eigenvalue weighted by atomic mass is 10.2. The number of nitrogens with two attached hydrogens (primary N) is 1. The van der Waals surface area contributed by atoms with Crippen molar-refractivity contribution in [1.29, 1.82) is 0 Å². The number of likely N-dealkylation sites (N-methyl/N-ethyl adjacent to an activating group) is 2. The third-order valence-electron chi connectivity index (χ3n) is 2.62. The molecule has 5 heteroatoms. The van der Waals surface area contributed by atoms with E-state index in [1.54, 1.807) is 7.05 Å². The van der Waals surface area contributed by atoms with Crippen LogP contribution in [0.25, 0.3) is 0 Å². The van der Waals surface area contributed by atoms with Gasteiger partial charge in [-0.15, -0.1) is 0 Å². The van der Waals surface area contributed by atoms with Crippen LogP contribution in [0.4, 0.5) is 0 Å². The Morgan fingerprint density at radius 2 is 2.10 bits per heavy atom. The molecule has 0 fully saturated rings. The minimum atomic E-state index is -0.00432. The van der Waals surface area contributed by atoms with Gasteiger partial charge in [-0.3, -0.25) is 9.69 Å². The number of nitrogens with zero attached hydrogens (tertiary/aromatic N) is 1. The van der Waals surface area contributed by atoms with Crippen LogP contribution in [0.1, 0.15) is 5.56 Å². The van der Waals surface area contributed by atoms with Gasteiger partial charge >= 0.3 is 0 Å². The molecule has 0 atom stereocenters. The Balaban J connectivity index is 2.33. The van der Waals surface area contributed by atoms with Crippen molar-refractivity contribution in [1.82, 2.24) is 10.2 Å². The summed E-state index contributed by atoms with van der Waals surface area (Å²) < 4.78 is 5.61. The van der Waals surface area contributed by atoms with Crippen molar-refractivity contribution in [3.05, 3.63) is 29.8 Å². The minimum absolute atomic E-state index is 0.00432. The van der Waals surface area contributed by atoms with Gasteiger partial charge in [0.05, 0.1) is 13.1 Å². The molecule has 0 saturated heterocycles. The van der Waals surface area contributed by atoms with Gasteiger partial charge in [0.2, 0.25) is 5.91 Å². The van der Waals surface area contributed by atoms with Crippen molar-refractivity contribution in [2.24, 2.45) is 5.73 Å². The number of nitrogens with one attached hydrogen (secondary N) is 1. The average Bonchev–Trinajstić information content (AvgIpc) is 2.46. The first-order chi connectivity index (χ1) is 9.65. The molecule has 1 aromatic rings. The Morgan fingerprint density at radius 1 is 1.40 bits per heavy atom. The second kappa shape index (κ2) is 8.97. The van der Waals surface area contributed by atoms with Gasteiger partial charge in [-0.1, -0.05) is 11.8 Å². The zero-order chi connectivity index (χ0) is 14.8. The van der Waals surface area contributed by atoms with Crippen molar-refractivity contribution in [3.63, 3.8) is 0 Å². The predicted octanol–water partition coefficient (Wildman–Crippen LogP) is 0.0534. The molecule has 0 radical (unpaired) electrons. The SMILES string of the molecule is CNC(=O)CN(C)CCOc1ccc(C#CCN)cc1. The maximum atomic E-state index is 11.2. The molecular formula is C15H21N3O2. The third kappa shape index (κ3) is 6.23. The summed E-state index contributed by atoms with van der Waals surface area (Å²) in [5, 5.41) is 2.58. The van der Waals surface area contributed by atoms with Gasteiger partial charge in [0.25, 0.3) is 0 Å². The zero-order valence-corrected chi connectivity index (χ0v) is 12.0. The summed E-state index contributed by atoms with van der Waals surface area (Å²) in [4.78, 5) is 13.1. The van der Waals surface area contributed by atoms with E-state index in [4.69, 9.17) is 10.5 Å². The fourth-order valence-corrected chi connectivity index (χ4v) is 1.51. The van der Waals surface area contributed by atoms with Crippen LogP contribution in [0.15, 0.2) is 24.3 Å². The minimum Gasteiger partial charge on any atom is -0.492 e. The van der Waals surface area contributed by atoms with Crippen LogP contribution in [0, 0.1) is 11.8 Å². The van der Waals surface area contributed by atoms with Gasteiger partial charge < -0.3 is 15.8 Å². The molecule has 0 bridgehead atoms. The van der Waals surface area contributed by atoms with E-state index in [9.17, 15) is 4.79 Å². The van der Waals surface area contributed by atoms with Crippen LogP contribution in [0.5, 0.6) is 5.75 Å². The van der Waals surface area contributed by atoms with Crippen LogP contribution >= 0.6 is 0 Å². The van der Waals surface area contributed by atoms with E-state index in [0.29, 0.717) is 26.2 Å². The molecule has 108 valence electrons. The van der Waals surface area contributed by atoms with E-state index < -0.39 is 0 Å². The summed E-state index contributed by atoms with van der Waals surface area (Å²) in [5.74, 6) is 6.53. The Labute approximate surface area is 120 Å². The highest BCUT2D eigenvalue weighted by molar-refractivity contribution is 5.77. The summed E-state index contributed by atoms with van der Waals surface area (Å²) in [6.45, 7) is 1.94. The monoisotopic (exact) mass is 275 g/mol. The third-order valence-corrected chi connectivity index (χ3v) is 2.62. The van der Waals surface area contributed by atoms with Crippen LogP contribution in [0.3, 0.4) is 0 Å². The summed E-state index contributed by atoms with van der Waals surface area (Å²) in [5.41, 5.74) is 6.23. The molecule has 0 aliphatic carbocycles. The number of carbonyl (C=O) groups excluding carboxylic acids is 1. The van der Waals surface area contributed by atoms with Gasteiger partial charge in [0.1, 0.15) is 12.4 Å². The maximum absolute atomic E-state index is 11.2. The van der Waals surface area contributed by atoms with Crippen LogP contribution in [-0.2, 0) is 4.79 Å². The molecule has 5 nitrogen and oxygen atoms in total. The Hall–Kier alpha value is -2.03. The van der Waals surface area contributed by atoms with E-state index in [0.717, 1.165) is 11.3 Å². The number of benzene rings is 1. The first kappa shape index (κ1) is 16.0. The molecule has 20 heavy (non-hydrogen) atoms. The van der Waals surface area contributed by atoms with Crippen molar-refractivity contribution in [2.75, 3.05) is 40.3 Å². The molecule has 3 N–H and O–H groups in total. The summed E-state index contributed by atoms with van der Waals surface area (Å²) in [6.07, 6.45) is 0. The quantitative estimate of drug-likeness (QED) is 0.720. The molecule has 0 saturated carbocycles. The van der Waals surface area contributed by atoms with Crippen LogP contribution < -0.4 is 15.8 Å². The fourth-order valence-electron chi connectivity index (χ4n) is 1.51. The van der Waals surface area contributed by atoms with E-state index >= 15 is 0 Å². The van der Waals surface area contributed by atoms with E-state index in [2.05, 4.69) is 17.2 Å². The standard InChI is InChI=1S/C15H21N3O2/c1-17-15(19)12-18(2)10-11-20-14-7-5-13(6-8-14)4-3-9-16/h5-8H,9-12,16H2,1-2H3,(H,17,19). The van der Waals surface area contributed by atoms with Gasteiger partial charge in [-0.25, -0.2) is 0 Å². The molecule has 0 heterocycles. The van der Waals surface area contributed by atoms with E-state index in [1.165, 1.54) is 0 Å². The lowest BCUT2D eigenvalue weighted by Gasteiger charge is -2.15. The molecule has 0 unspecified atom stereocenters. The Morgan fingerprint density at radius 3 is 2.70 bits per heavy atom.